The molecule has 96 valence electrons. The molecule has 20 heavy (non-hydrogen) atoms. The first-order chi connectivity index (χ1) is 9.83. The second-order valence-electron chi connectivity index (χ2n) is 4.47. The van der Waals surface area contributed by atoms with Gasteiger partial charge in [-0.15, -0.1) is 11.3 Å². The number of ketones is 1. The SMILES string of the molecule is O=C(c1nc2ccccc2s1)c1occ2ccccc12. The predicted molar refractivity (Wildman–Crippen MR) is 79.3 cm³/mol. The van der Waals surface area contributed by atoms with Crippen molar-refractivity contribution in [3.63, 3.8) is 0 Å². The van der Waals surface area contributed by atoms with Crippen LogP contribution in [0.2, 0.25) is 0 Å². The Kier molecular flexibility index (Phi) is 2.44. The summed E-state index contributed by atoms with van der Waals surface area (Å²) in [6.45, 7) is 0. The number of hydrogen-bond donors (Lipinski definition) is 0. The lowest BCUT2D eigenvalue weighted by atomic mass is 10.1. The van der Waals surface area contributed by atoms with E-state index in [1.165, 1.54) is 11.3 Å². The van der Waals surface area contributed by atoms with E-state index in [0.29, 0.717) is 10.8 Å². The molecule has 0 saturated heterocycles. The van der Waals surface area contributed by atoms with Gasteiger partial charge in [-0.05, 0) is 12.1 Å². The molecule has 4 heteroatoms. The van der Waals surface area contributed by atoms with E-state index in [9.17, 15) is 4.79 Å². The molecular formula is C16H9NO2S. The molecule has 0 aliphatic carbocycles. The van der Waals surface area contributed by atoms with Gasteiger partial charge in [-0.25, -0.2) is 4.98 Å². The first kappa shape index (κ1) is 11.4. The first-order valence-corrected chi connectivity index (χ1v) is 7.01. The Morgan fingerprint density at radius 2 is 1.85 bits per heavy atom. The van der Waals surface area contributed by atoms with Crippen LogP contribution in [0.1, 0.15) is 15.6 Å². The van der Waals surface area contributed by atoms with Crippen LogP contribution >= 0.6 is 11.3 Å². The summed E-state index contributed by atoms with van der Waals surface area (Å²) in [7, 11) is 0. The summed E-state index contributed by atoms with van der Waals surface area (Å²) in [6, 6.07) is 15.4. The lowest BCUT2D eigenvalue weighted by molar-refractivity contribution is 0.101. The maximum absolute atomic E-state index is 12.5. The van der Waals surface area contributed by atoms with E-state index >= 15 is 0 Å². The molecule has 0 unspecified atom stereocenters. The fourth-order valence-electron chi connectivity index (χ4n) is 2.23. The molecule has 2 heterocycles. The monoisotopic (exact) mass is 279 g/mol. The summed E-state index contributed by atoms with van der Waals surface area (Å²) in [5.74, 6) is 0.201. The van der Waals surface area contributed by atoms with Crippen molar-refractivity contribution < 1.29 is 9.21 Å². The lowest BCUT2D eigenvalue weighted by Crippen LogP contribution is -1.98. The third-order valence-corrected chi connectivity index (χ3v) is 4.24. The minimum absolute atomic E-state index is 0.160. The van der Waals surface area contributed by atoms with Crippen LogP contribution in [0, 0.1) is 0 Å². The smallest absolute Gasteiger partial charge is 0.257 e. The zero-order valence-corrected chi connectivity index (χ0v) is 11.2. The summed E-state index contributed by atoms with van der Waals surface area (Å²) in [6.07, 6.45) is 1.61. The Bertz CT molecular complexity index is 903. The highest BCUT2D eigenvalue weighted by atomic mass is 32.1. The molecule has 4 aromatic rings. The first-order valence-electron chi connectivity index (χ1n) is 6.19. The van der Waals surface area contributed by atoms with E-state index in [1.807, 2.05) is 48.5 Å². The Hall–Kier alpha value is -2.46. The molecule has 0 saturated carbocycles. The number of fused-ring (bicyclic) bond motifs is 2. The summed E-state index contributed by atoms with van der Waals surface area (Å²) in [5.41, 5.74) is 0.844. The number of benzene rings is 2. The standard InChI is InChI=1S/C16H9NO2S/c18-14(15-11-6-2-1-5-10(11)9-19-15)16-17-12-7-3-4-8-13(12)20-16/h1-9H. The van der Waals surface area contributed by atoms with Crippen molar-refractivity contribution >= 4 is 38.1 Å². The van der Waals surface area contributed by atoms with Gasteiger partial charge in [0.1, 0.15) is 0 Å². The molecule has 0 atom stereocenters. The van der Waals surface area contributed by atoms with E-state index in [2.05, 4.69) is 4.98 Å². The summed E-state index contributed by atoms with van der Waals surface area (Å²) >= 11 is 1.39. The van der Waals surface area contributed by atoms with Gasteiger partial charge in [-0.3, -0.25) is 4.79 Å². The van der Waals surface area contributed by atoms with Gasteiger partial charge in [0.15, 0.2) is 10.8 Å². The van der Waals surface area contributed by atoms with Crippen LogP contribution in [0.15, 0.2) is 59.2 Å². The average molecular weight is 279 g/mol. The van der Waals surface area contributed by atoms with Crippen molar-refractivity contribution in [3.8, 4) is 0 Å². The van der Waals surface area contributed by atoms with Gasteiger partial charge >= 0.3 is 0 Å². The van der Waals surface area contributed by atoms with Crippen molar-refractivity contribution in [1.82, 2.24) is 4.98 Å². The number of carbonyl (C=O) groups excluding carboxylic acids is 1. The molecule has 0 amide bonds. The topological polar surface area (TPSA) is 43.1 Å². The van der Waals surface area contributed by atoms with Gasteiger partial charge in [0.2, 0.25) is 0 Å². The van der Waals surface area contributed by atoms with Gasteiger partial charge < -0.3 is 4.42 Å². The van der Waals surface area contributed by atoms with Gasteiger partial charge in [0, 0.05) is 10.8 Å². The molecule has 4 rings (SSSR count). The van der Waals surface area contributed by atoms with E-state index in [-0.39, 0.29) is 5.78 Å². The highest BCUT2D eigenvalue weighted by molar-refractivity contribution is 7.20. The Morgan fingerprint density at radius 1 is 1.05 bits per heavy atom. The third-order valence-electron chi connectivity index (χ3n) is 3.20. The summed E-state index contributed by atoms with van der Waals surface area (Å²) < 4.78 is 6.45. The minimum atomic E-state index is -0.160. The van der Waals surface area contributed by atoms with E-state index in [1.54, 1.807) is 6.26 Å². The van der Waals surface area contributed by atoms with Crippen LogP contribution in [0.4, 0.5) is 0 Å². The minimum Gasteiger partial charge on any atom is -0.459 e. The molecule has 0 aliphatic rings. The second-order valence-corrected chi connectivity index (χ2v) is 5.50. The molecule has 0 radical (unpaired) electrons. The highest BCUT2D eigenvalue weighted by Crippen LogP contribution is 2.27. The highest BCUT2D eigenvalue weighted by Gasteiger charge is 2.20. The van der Waals surface area contributed by atoms with Crippen LogP contribution < -0.4 is 0 Å². The quantitative estimate of drug-likeness (QED) is 0.514. The second kappa shape index (κ2) is 4.28. The molecule has 2 aromatic carbocycles. The molecule has 0 spiro atoms. The maximum Gasteiger partial charge on any atom is 0.257 e. The average Bonchev–Trinajstić information content (AvgIpc) is 3.10. The lowest BCUT2D eigenvalue weighted by Gasteiger charge is -1.93. The number of para-hydroxylation sites is 1. The molecule has 2 aromatic heterocycles. The van der Waals surface area contributed by atoms with E-state index in [0.717, 1.165) is 21.0 Å². The Morgan fingerprint density at radius 3 is 2.75 bits per heavy atom. The summed E-state index contributed by atoms with van der Waals surface area (Å²) in [5, 5.41) is 2.22. The third kappa shape index (κ3) is 1.66. The number of rotatable bonds is 2. The van der Waals surface area contributed by atoms with Crippen molar-refractivity contribution in [2.75, 3.05) is 0 Å². The Balaban J connectivity index is 1.87. The van der Waals surface area contributed by atoms with E-state index in [4.69, 9.17) is 4.42 Å². The van der Waals surface area contributed by atoms with Crippen LogP contribution in [-0.2, 0) is 0 Å². The number of aromatic nitrogens is 1. The summed E-state index contributed by atoms with van der Waals surface area (Å²) in [4.78, 5) is 16.9. The van der Waals surface area contributed by atoms with Crippen molar-refractivity contribution in [1.29, 1.82) is 0 Å². The van der Waals surface area contributed by atoms with Gasteiger partial charge in [-0.1, -0.05) is 36.4 Å². The van der Waals surface area contributed by atoms with Gasteiger partial charge in [-0.2, -0.15) is 0 Å². The molecule has 3 nitrogen and oxygen atoms in total. The fourth-order valence-corrected chi connectivity index (χ4v) is 3.14. The zero-order chi connectivity index (χ0) is 13.5. The Labute approximate surface area is 118 Å². The molecule has 0 fully saturated rings. The number of carbonyl (C=O) groups is 1. The van der Waals surface area contributed by atoms with Crippen LogP contribution in [0.3, 0.4) is 0 Å². The van der Waals surface area contributed by atoms with Crippen molar-refractivity contribution in [2.24, 2.45) is 0 Å². The largest absolute Gasteiger partial charge is 0.459 e. The number of thiazole rings is 1. The molecular weight excluding hydrogens is 270 g/mol. The van der Waals surface area contributed by atoms with Crippen LogP contribution in [0.5, 0.6) is 0 Å². The predicted octanol–water partition coefficient (Wildman–Crippen LogP) is 4.27. The molecule has 0 N–H and O–H groups in total. The van der Waals surface area contributed by atoms with Crippen molar-refractivity contribution in [3.05, 3.63) is 65.6 Å². The number of nitrogens with zero attached hydrogens (tertiary/aromatic N) is 1. The fraction of sp³-hybridized carbons (Fsp3) is 0. The van der Waals surface area contributed by atoms with Crippen molar-refractivity contribution in [2.45, 2.75) is 0 Å². The van der Waals surface area contributed by atoms with Crippen LogP contribution in [-0.4, -0.2) is 10.8 Å². The zero-order valence-electron chi connectivity index (χ0n) is 10.4. The van der Waals surface area contributed by atoms with Gasteiger partial charge in [0.25, 0.3) is 5.78 Å². The molecule has 0 bridgehead atoms. The molecule has 0 aliphatic heterocycles. The number of hydrogen-bond acceptors (Lipinski definition) is 4. The maximum atomic E-state index is 12.5. The van der Waals surface area contributed by atoms with Gasteiger partial charge in [0.05, 0.1) is 16.5 Å². The normalized spacial score (nSPS) is 11.2. The number of furan rings is 1. The van der Waals surface area contributed by atoms with Crippen LogP contribution in [0.25, 0.3) is 21.0 Å². The van der Waals surface area contributed by atoms with E-state index < -0.39 is 0 Å².